The van der Waals surface area contributed by atoms with Gasteiger partial charge in [0.15, 0.2) is 0 Å². The van der Waals surface area contributed by atoms with Gasteiger partial charge in [-0.3, -0.25) is 0 Å². The average molecular weight is 1260 g/mol. The molecule has 6 bridgehead atoms. The number of aromatic amines is 1. The number of nitriles is 1. The second kappa shape index (κ2) is 25.2. The minimum atomic E-state index is 0. The van der Waals surface area contributed by atoms with Crippen LogP contribution in [-0.4, -0.2) is 111 Å². The van der Waals surface area contributed by atoms with E-state index in [1.165, 1.54) is 141 Å². The number of rotatable bonds is 4. The first-order valence-electron chi connectivity index (χ1n) is 28.2. The number of aromatic nitrogens is 4. The molecule has 1 N–H and O–H groups in total. The maximum atomic E-state index is 9.28. The number of piperidine rings is 3. The fourth-order valence-electron chi connectivity index (χ4n) is 14.8. The predicted octanol–water partition coefficient (Wildman–Crippen LogP) is 14.7. The van der Waals surface area contributed by atoms with Crippen molar-refractivity contribution in [2.45, 2.75) is 161 Å². The number of benzene rings is 6. The van der Waals surface area contributed by atoms with Crippen LogP contribution >= 0.6 is 51.2 Å². The third-order valence-electron chi connectivity index (χ3n) is 18.7. The molecule has 6 aromatic carbocycles. The van der Waals surface area contributed by atoms with Crippen LogP contribution in [0.25, 0.3) is 11.4 Å². The molecule has 6 unspecified atom stereocenters. The summed E-state index contributed by atoms with van der Waals surface area (Å²) in [5.74, 6) is 0.645. The summed E-state index contributed by atoms with van der Waals surface area (Å²) < 4.78 is 1.16. The van der Waals surface area contributed by atoms with Crippen LogP contribution in [0.4, 0.5) is 34.1 Å². The molecule has 9 aliphatic heterocycles. The number of tetrazole rings is 1. The molecule has 9 aliphatic rings. The van der Waals surface area contributed by atoms with Gasteiger partial charge < -0.3 is 53.1 Å². The Labute approximate surface area is 516 Å². The van der Waals surface area contributed by atoms with Crippen LogP contribution in [-0.2, 0) is 19.5 Å². The molecule has 13 nitrogen and oxygen atoms in total. The van der Waals surface area contributed by atoms with Crippen LogP contribution in [0, 0.1) is 35.0 Å². The molecule has 0 aliphatic carbocycles. The van der Waals surface area contributed by atoms with E-state index in [4.69, 9.17) is 23.7 Å². The minimum Gasteiger partial charge on any atom is -0.512 e. The van der Waals surface area contributed by atoms with Crippen molar-refractivity contribution in [1.29, 1.82) is 15.8 Å². The molecular formula is C64H64BrN13S3Zn. The minimum absolute atomic E-state index is 0. The Kier molecular flexibility index (Phi) is 17.9. The van der Waals surface area contributed by atoms with Crippen molar-refractivity contribution in [3.63, 3.8) is 0 Å². The van der Waals surface area contributed by atoms with Crippen molar-refractivity contribution < 1.29 is 19.5 Å². The number of anilines is 6. The molecule has 16 rings (SSSR count). The zero-order valence-electron chi connectivity index (χ0n) is 46.5. The zero-order chi connectivity index (χ0) is 55.9. The van der Waals surface area contributed by atoms with E-state index in [-0.39, 0.29) is 19.5 Å². The maximum absolute atomic E-state index is 9.28. The molecule has 18 heteroatoms. The van der Waals surface area contributed by atoms with E-state index in [1.54, 1.807) is 11.8 Å². The Morgan fingerprint density at radius 2 is 0.817 bits per heavy atom. The summed E-state index contributed by atoms with van der Waals surface area (Å²) in [6, 6.07) is 54.3. The molecule has 7 aromatic rings. The summed E-state index contributed by atoms with van der Waals surface area (Å²) in [7, 11) is 6.93. The summed E-state index contributed by atoms with van der Waals surface area (Å²) in [6.45, 7) is 9.50. The van der Waals surface area contributed by atoms with E-state index < -0.39 is 0 Å². The third-order valence-corrected chi connectivity index (χ3v) is 22.5. The molecule has 0 radical (unpaired) electrons. The van der Waals surface area contributed by atoms with Gasteiger partial charge in [-0.2, -0.15) is 10.5 Å². The smallest absolute Gasteiger partial charge is 0.512 e. The number of nitrogens with zero attached hydrogens (tertiary/aromatic N) is 12. The maximum Gasteiger partial charge on any atom is 2.00 e. The van der Waals surface area contributed by atoms with Crippen molar-refractivity contribution >= 4 is 85.3 Å². The van der Waals surface area contributed by atoms with Crippen molar-refractivity contribution in [2.24, 2.45) is 0 Å². The summed E-state index contributed by atoms with van der Waals surface area (Å²) >= 11 is 9.18. The molecule has 0 amide bonds. The molecule has 6 saturated heterocycles. The van der Waals surface area contributed by atoms with E-state index in [0.29, 0.717) is 48.1 Å². The van der Waals surface area contributed by atoms with Crippen LogP contribution < -0.4 is 14.7 Å². The molecule has 0 spiro atoms. The monoisotopic (exact) mass is 1250 g/mol. The van der Waals surface area contributed by atoms with Gasteiger partial charge >= 0.3 is 19.5 Å². The standard InChI is InChI=1S/C21H22N6S.C21H21N3S.C20H21BrN2S.2CN.Zn/c1-26-14-7-8-15(26)12-16(11-14)27-17-4-2-3-5-19(17)28-20-10-13(6-9-18(20)27)21-22-24-25-23-21;1-23-15-7-8-16(23)12-17(11-15)24-18-4-2-3-5-20(18)25-21-10-14(13-22)6-9-19(21)24;1-22-14-7-8-15(22)12-16(11-14)23-17-4-2-3-5-19(17)24-20-10-13(21)6-9-18(20)23;2*1-2;/h2-6,9-10,14-16H,7-8,11-12H2,1H3,(H,22,23,24,25);2-6,9-10,15-17H,7-8,11-12H2,1H3;2-6,9-10,14-16H,7-8,11-12H2,1H3;;;/q;;;2*-1;+2. The number of para-hydroxylation sites is 3. The molecule has 0 saturated carbocycles. The van der Waals surface area contributed by atoms with Crippen LogP contribution in [0.1, 0.15) is 82.6 Å². The second-order valence-corrected chi connectivity index (χ2v) is 26.8. The van der Waals surface area contributed by atoms with Crippen LogP contribution in [0.5, 0.6) is 0 Å². The summed E-state index contributed by atoms with van der Waals surface area (Å²) in [5, 5.41) is 36.3. The number of H-pyrrole nitrogens is 1. The number of halogens is 1. The number of hydrogen-bond donors (Lipinski definition) is 1. The average Bonchev–Trinajstić information content (AvgIpc) is 3.25. The van der Waals surface area contributed by atoms with Crippen LogP contribution in [0.3, 0.4) is 0 Å². The fourth-order valence-corrected chi connectivity index (χ4v) is 18.6. The summed E-state index contributed by atoms with van der Waals surface area (Å²) in [4.78, 5) is 23.5. The van der Waals surface area contributed by atoms with E-state index >= 15 is 0 Å². The number of fused-ring (bicyclic) bond motifs is 12. The van der Waals surface area contributed by atoms with Gasteiger partial charge in [-0.1, -0.05) is 87.6 Å². The molecule has 82 heavy (non-hydrogen) atoms. The largest absolute Gasteiger partial charge is 2.00 e. The van der Waals surface area contributed by atoms with Crippen LogP contribution in [0.2, 0.25) is 0 Å². The van der Waals surface area contributed by atoms with Gasteiger partial charge in [0.1, 0.15) is 0 Å². The van der Waals surface area contributed by atoms with Gasteiger partial charge in [0.05, 0.1) is 45.8 Å². The Bertz CT molecular complexity index is 3450. The third kappa shape index (κ3) is 11.0. The Balaban J connectivity index is 0.000000125. The first-order chi connectivity index (χ1) is 39.7. The molecular weight excluding hydrogens is 1190 g/mol. The van der Waals surface area contributed by atoms with Crippen molar-refractivity contribution in [3.8, 4) is 17.5 Å². The van der Waals surface area contributed by atoms with Crippen molar-refractivity contribution in [3.05, 3.63) is 151 Å². The van der Waals surface area contributed by atoms with Crippen LogP contribution in [0.15, 0.2) is 161 Å². The number of hydrogen-bond acceptors (Lipinski definition) is 15. The molecule has 6 atom stereocenters. The van der Waals surface area contributed by atoms with E-state index in [0.717, 1.165) is 27.7 Å². The SMILES string of the molecule is CN1C2CCC1CC(N1c3ccccc3Sc3cc(-c4nn[nH]n4)ccc31)C2.CN1C2CCC1CC(N1c3ccccc3Sc3cc(Br)ccc31)C2.CN1C2CCC1CC(N1c3ccccc3Sc3cc(C#N)ccc31)C2.[C-]#N.[C-]#N.[Zn+2]. The topological polar surface area (TPSA) is 145 Å². The Morgan fingerprint density at radius 1 is 0.463 bits per heavy atom. The van der Waals surface area contributed by atoms with Gasteiger partial charge in [-0.05, 0) is 194 Å². The fraction of sp³-hybridized carbons (Fsp3) is 0.375. The van der Waals surface area contributed by atoms with Gasteiger partial charge in [0.25, 0.3) is 0 Å². The quantitative estimate of drug-likeness (QED) is 0.132. The first-order valence-corrected chi connectivity index (χ1v) is 31.5. The van der Waals surface area contributed by atoms with E-state index in [1.807, 2.05) is 35.7 Å². The molecule has 412 valence electrons. The Morgan fingerprint density at radius 3 is 1.21 bits per heavy atom. The summed E-state index contributed by atoms with van der Waals surface area (Å²) in [6.07, 6.45) is 15.6. The normalized spacial score (nSPS) is 25.7. The molecule has 6 fully saturated rings. The van der Waals surface area contributed by atoms with Gasteiger partial charge in [0.2, 0.25) is 5.82 Å². The van der Waals surface area contributed by atoms with E-state index in [2.05, 4.69) is 208 Å². The van der Waals surface area contributed by atoms with Gasteiger partial charge in [0, 0.05) is 93.8 Å². The van der Waals surface area contributed by atoms with Gasteiger partial charge in [-0.15, -0.1) is 10.2 Å². The Hall–Kier alpha value is -5.71. The van der Waals surface area contributed by atoms with Gasteiger partial charge in [-0.25, -0.2) is 0 Å². The molecule has 10 heterocycles. The van der Waals surface area contributed by atoms with Crippen molar-refractivity contribution in [1.82, 2.24) is 35.3 Å². The van der Waals surface area contributed by atoms with Crippen molar-refractivity contribution in [2.75, 3.05) is 35.8 Å². The molecule has 1 aromatic heterocycles. The first kappa shape index (κ1) is 58.1. The summed E-state index contributed by atoms with van der Waals surface area (Å²) in [5.41, 5.74) is 9.79. The van der Waals surface area contributed by atoms with E-state index in [9.17, 15) is 5.26 Å². The second-order valence-electron chi connectivity index (χ2n) is 22.7. The zero-order valence-corrected chi connectivity index (χ0v) is 53.5. The predicted molar refractivity (Wildman–Crippen MR) is 326 cm³/mol. The number of nitrogens with one attached hydrogen (secondary N) is 1.